The topological polar surface area (TPSA) is 66.5 Å². The molecule has 2 N–H and O–H groups in total. The Kier molecular flexibility index (Phi) is 6.11. The highest BCUT2D eigenvalue weighted by Crippen LogP contribution is 2.32. The van der Waals surface area contributed by atoms with E-state index in [4.69, 9.17) is 4.74 Å². The summed E-state index contributed by atoms with van der Waals surface area (Å²) in [5, 5.41) is 6.78. The largest absolute Gasteiger partial charge is 0.456 e. The van der Waals surface area contributed by atoms with Crippen LogP contribution >= 0.6 is 0 Å². The first kappa shape index (κ1) is 19.9. The van der Waals surface area contributed by atoms with Crippen molar-refractivity contribution in [3.63, 3.8) is 0 Å². The van der Waals surface area contributed by atoms with E-state index in [1.54, 1.807) is 12.4 Å². The number of nitrogens with one attached hydrogen (secondary N) is 2. The van der Waals surface area contributed by atoms with E-state index < -0.39 is 0 Å². The minimum atomic E-state index is 0.0411. The molecule has 2 aliphatic heterocycles. The van der Waals surface area contributed by atoms with Crippen molar-refractivity contribution in [2.45, 2.75) is 50.6 Å². The number of anilines is 1. The number of fused-ring (bicyclic) bond motifs is 1. The van der Waals surface area contributed by atoms with Gasteiger partial charge in [-0.15, -0.1) is 0 Å². The van der Waals surface area contributed by atoms with Gasteiger partial charge in [-0.3, -0.25) is 14.7 Å². The molecule has 1 amide bonds. The highest BCUT2D eigenvalue weighted by atomic mass is 16.5. The molecule has 1 aromatic heterocycles. The third-order valence-corrected chi connectivity index (χ3v) is 6.11. The second-order valence-corrected chi connectivity index (χ2v) is 8.29. The zero-order valence-corrected chi connectivity index (χ0v) is 17.1. The lowest BCUT2D eigenvalue weighted by molar-refractivity contribution is -0.118. The van der Waals surface area contributed by atoms with Gasteiger partial charge in [0.2, 0.25) is 5.91 Å². The molecule has 1 aromatic carbocycles. The molecule has 0 radical (unpaired) electrons. The van der Waals surface area contributed by atoms with Crippen molar-refractivity contribution < 1.29 is 9.53 Å². The molecule has 2 aliphatic rings. The van der Waals surface area contributed by atoms with Crippen LogP contribution in [-0.2, 0) is 4.79 Å². The van der Waals surface area contributed by atoms with Gasteiger partial charge in [-0.25, -0.2) is 0 Å². The van der Waals surface area contributed by atoms with E-state index in [1.165, 1.54) is 19.3 Å². The van der Waals surface area contributed by atoms with Crippen LogP contribution in [0.4, 0.5) is 5.69 Å². The van der Waals surface area contributed by atoms with Crippen LogP contribution in [0, 0.1) is 0 Å². The van der Waals surface area contributed by atoms with Crippen molar-refractivity contribution in [1.29, 1.82) is 0 Å². The van der Waals surface area contributed by atoms with Crippen LogP contribution in [0.15, 0.2) is 48.8 Å². The van der Waals surface area contributed by atoms with E-state index in [0.717, 1.165) is 31.6 Å². The van der Waals surface area contributed by atoms with Gasteiger partial charge >= 0.3 is 0 Å². The van der Waals surface area contributed by atoms with Crippen LogP contribution in [0.25, 0.3) is 0 Å². The monoisotopic (exact) mass is 394 g/mol. The fraction of sp³-hybridized carbons (Fsp3) is 0.478. The highest BCUT2D eigenvalue weighted by Gasteiger charge is 2.41. The number of carbonyl (C=O) groups is 1. The lowest BCUT2D eigenvalue weighted by Crippen LogP contribution is -2.62. The average molecular weight is 395 g/mol. The second kappa shape index (κ2) is 8.93. The number of aromatic nitrogens is 1. The maximum absolute atomic E-state index is 12.7. The Morgan fingerprint density at radius 3 is 2.90 bits per heavy atom. The number of carbonyl (C=O) groups excluding carboxylic acids is 1. The Hall–Kier alpha value is -2.44. The summed E-state index contributed by atoms with van der Waals surface area (Å²) < 4.78 is 5.75. The van der Waals surface area contributed by atoms with Gasteiger partial charge in [0.05, 0.1) is 12.7 Å². The number of likely N-dealkylation sites (tertiary alicyclic amines) is 1. The number of ether oxygens (including phenoxy) is 1. The summed E-state index contributed by atoms with van der Waals surface area (Å²) in [5.74, 6) is 1.45. The van der Waals surface area contributed by atoms with Gasteiger partial charge in [0.15, 0.2) is 0 Å². The van der Waals surface area contributed by atoms with E-state index in [-0.39, 0.29) is 11.4 Å². The molecule has 2 aromatic rings. The average Bonchev–Trinajstić information content (AvgIpc) is 2.92. The molecule has 2 fully saturated rings. The zero-order chi connectivity index (χ0) is 20.1. The molecule has 0 unspecified atom stereocenters. The summed E-state index contributed by atoms with van der Waals surface area (Å²) in [5.41, 5.74) is 0.910. The van der Waals surface area contributed by atoms with Crippen molar-refractivity contribution in [2.24, 2.45) is 0 Å². The number of rotatable bonds is 5. The maximum Gasteiger partial charge on any atom is 0.238 e. The third-order valence-electron chi connectivity index (χ3n) is 6.11. The Morgan fingerprint density at radius 1 is 1.24 bits per heavy atom. The first-order chi connectivity index (χ1) is 14.1. The summed E-state index contributed by atoms with van der Waals surface area (Å²) in [7, 11) is 0. The number of benzene rings is 1. The number of piperidine rings is 1. The summed E-state index contributed by atoms with van der Waals surface area (Å²) in [6.45, 7) is 4.84. The van der Waals surface area contributed by atoms with Gasteiger partial charge in [0.1, 0.15) is 11.5 Å². The molecule has 0 spiro atoms. The SMILES string of the molecule is C[C@@]12CCCN(CC(=O)Nc3ccc(Oc4cccnc4)cc3)[C@H]1CCCCN2. The molecule has 2 saturated heterocycles. The molecular weight excluding hydrogens is 364 g/mol. The number of hydrogen-bond donors (Lipinski definition) is 2. The Balaban J connectivity index is 1.34. The van der Waals surface area contributed by atoms with Gasteiger partial charge < -0.3 is 15.4 Å². The highest BCUT2D eigenvalue weighted by molar-refractivity contribution is 5.92. The van der Waals surface area contributed by atoms with Gasteiger partial charge in [-0.2, -0.15) is 0 Å². The summed E-state index contributed by atoms with van der Waals surface area (Å²) >= 11 is 0. The molecule has 6 nitrogen and oxygen atoms in total. The van der Waals surface area contributed by atoms with Crippen molar-refractivity contribution in [2.75, 3.05) is 25.0 Å². The molecule has 0 saturated carbocycles. The molecule has 2 atom stereocenters. The third kappa shape index (κ3) is 4.95. The van der Waals surface area contributed by atoms with Crippen LogP contribution in [0.1, 0.15) is 39.0 Å². The van der Waals surface area contributed by atoms with E-state index in [2.05, 4.69) is 27.4 Å². The maximum atomic E-state index is 12.7. The number of pyridine rings is 1. The quantitative estimate of drug-likeness (QED) is 0.807. The fourth-order valence-electron chi connectivity index (χ4n) is 4.64. The fourth-order valence-corrected chi connectivity index (χ4v) is 4.64. The number of hydrogen-bond acceptors (Lipinski definition) is 5. The van der Waals surface area contributed by atoms with Crippen LogP contribution < -0.4 is 15.4 Å². The molecule has 0 aliphatic carbocycles. The normalized spacial score (nSPS) is 24.9. The van der Waals surface area contributed by atoms with Gasteiger partial charge in [0, 0.05) is 23.5 Å². The molecule has 29 heavy (non-hydrogen) atoms. The molecule has 6 heteroatoms. The van der Waals surface area contributed by atoms with Crippen LogP contribution in [0.2, 0.25) is 0 Å². The standard InChI is InChI=1S/C23H30N4O2/c1-23-12-5-15-27(21(23)7-2-3-14-25-23)17-22(28)26-18-8-10-19(11-9-18)29-20-6-4-13-24-16-20/h4,6,8-11,13,16,21,25H,2-3,5,7,12,14-15,17H2,1H3,(H,26,28)/t21-,23+/m0/s1. The predicted molar refractivity (Wildman–Crippen MR) is 114 cm³/mol. The van der Waals surface area contributed by atoms with Crippen molar-refractivity contribution in [3.05, 3.63) is 48.8 Å². The Morgan fingerprint density at radius 2 is 2.10 bits per heavy atom. The number of nitrogens with zero attached hydrogens (tertiary/aromatic N) is 2. The molecule has 0 bridgehead atoms. The van der Waals surface area contributed by atoms with Gasteiger partial charge in [-0.1, -0.05) is 6.42 Å². The molecular formula is C23H30N4O2. The molecule has 4 rings (SSSR count). The lowest BCUT2D eigenvalue weighted by Gasteiger charge is -2.48. The van der Waals surface area contributed by atoms with Crippen molar-refractivity contribution >= 4 is 11.6 Å². The van der Waals surface area contributed by atoms with Gasteiger partial charge in [0.25, 0.3) is 0 Å². The first-order valence-corrected chi connectivity index (χ1v) is 10.6. The van der Waals surface area contributed by atoms with Crippen molar-refractivity contribution in [1.82, 2.24) is 15.2 Å². The zero-order valence-electron chi connectivity index (χ0n) is 17.1. The minimum Gasteiger partial charge on any atom is -0.456 e. The second-order valence-electron chi connectivity index (χ2n) is 8.29. The van der Waals surface area contributed by atoms with E-state index in [0.29, 0.717) is 24.1 Å². The Bertz CT molecular complexity index is 811. The summed E-state index contributed by atoms with van der Waals surface area (Å²) in [6, 6.07) is 11.6. The Labute approximate surface area is 172 Å². The van der Waals surface area contributed by atoms with E-state index >= 15 is 0 Å². The lowest BCUT2D eigenvalue weighted by atomic mass is 9.81. The predicted octanol–water partition coefficient (Wildman–Crippen LogP) is 3.81. The van der Waals surface area contributed by atoms with E-state index in [1.807, 2.05) is 36.4 Å². The summed E-state index contributed by atoms with van der Waals surface area (Å²) in [4.78, 5) is 19.1. The van der Waals surface area contributed by atoms with Crippen LogP contribution in [0.3, 0.4) is 0 Å². The van der Waals surface area contributed by atoms with Crippen molar-refractivity contribution in [3.8, 4) is 11.5 Å². The van der Waals surface area contributed by atoms with Crippen LogP contribution in [-0.4, -0.2) is 47.0 Å². The smallest absolute Gasteiger partial charge is 0.238 e. The minimum absolute atomic E-state index is 0.0411. The molecule has 3 heterocycles. The molecule has 154 valence electrons. The van der Waals surface area contributed by atoms with Gasteiger partial charge in [-0.05, 0) is 82.1 Å². The van der Waals surface area contributed by atoms with E-state index in [9.17, 15) is 4.79 Å². The first-order valence-electron chi connectivity index (χ1n) is 10.6. The van der Waals surface area contributed by atoms with Crippen LogP contribution in [0.5, 0.6) is 11.5 Å². The number of amides is 1. The summed E-state index contributed by atoms with van der Waals surface area (Å²) in [6.07, 6.45) is 9.31.